The third-order valence-electron chi connectivity index (χ3n) is 4.80. The van der Waals surface area contributed by atoms with Crippen molar-refractivity contribution in [2.75, 3.05) is 6.54 Å². The van der Waals surface area contributed by atoms with Gasteiger partial charge in [0.05, 0.1) is 12.6 Å². The van der Waals surface area contributed by atoms with Crippen LogP contribution in [0.25, 0.3) is 10.8 Å². The predicted octanol–water partition coefficient (Wildman–Crippen LogP) is 2.85. The van der Waals surface area contributed by atoms with Gasteiger partial charge in [-0.25, -0.2) is 0 Å². The largest absolute Gasteiger partial charge is 0.370 e. The Labute approximate surface area is 124 Å². The lowest BCUT2D eigenvalue weighted by atomic mass is 9.99. The first-order chi connectivity index (χ1) is 10.3. The molecule has 108 valence electrons. The fourth-order valence-electron chi connectivity index (χ4n) is 3.79. The Morgan fingerprint density at radius 1 is 1.10 bits per heavy atom. The zero-order valence-electron chi connectivity index (χ0n) is 12.1. The van der Waals surface area contributed by atoms with Crippen molar-refractivity contribution in [3.8, 4) is 0 Å². The topological polar surface area (TPSA) is 54.5 Å². The zero-order chi connectivity index (χ0) is 14.2. The van der Waals surface area contributed by atoms with Crippen LogP contribution in [-0.4, -0.2) is 28.4 Å². The van der Waals surface area contributed by atoms with Crippen LogP contribution in [0.3, 0.4) is 0 Å². The summed E-state index contributed by atoms with van der Waals surface area (Å²) in [5.74, 6) is 0.708. The fraction of sp³-hybridized carbons (Fsp3) is 0.412. The Balaban J connectivity index is 1.77. The molecule has 1 aromatic heterocycles. The van der Waals surface area contributed by atoms with Crippen molar-refractivity contribution >= 4 is 16.7 Å². The van der Waals surface area contributed by atoms with E-state index in [2.05, 4.69) is 39.1 Å². The first kappa shape index (κ1) is 12.6. The number of hydrogen-bond acceptors (Lipinski definition) is 4. The number of nitrogens with two attached hydrogens (primary N) is 1. The lowest BCUT2D eigenvalue weighted by Crippen LogP contribution is -2.42. The second-order valence-electron chi connectivity index (χ2n) is 6.01. The highest BCUT2D eigenvalue weighted by molar-refractivity contribution is 5.87. The molecule has 0 amide bonds. The van der Waals surface area contributed by atoms with Crippen LogP contribution >= 0.6 is 0 Å². The van der Waals surface area contributed by atoms with Gasteiger partial charge >= 0.3 is 0 Å². The maximum atomic E-state index is 6.19. The first-order valence-electron chi connectivity index (χ1n) is 7.75. The lowest BCUT2D eigenvalue weighted by Gasteiger charge is -2.32. The van der Waals surface area contributed by atoms with E-state index in [1.807, 2.05) is 12.4 Å². The molecular weight excluding hydrogens is 260 g/mol. The van der Waals surface area contributed by atoms with Gasteiger partial charge in [0.1, 0.15) is 0 Å². The van der Waals surface area contributed by atoms with Crippen LogP contribution in [0.2, 0.25) is 0 Å². The van der Waals surface area contributed by atoms with Crippen LogP contribution in [0.1, 0.15) is 37.3 Å². The summed E-state index contributed by atoms with van der Waals surface area (Å²) >= 11 is 0. The van der Waals surface area contributed by atoms with E-state index in [-0.39, 0.29) is 6.04 Å². The quantitative estimate of drug-likeness (QED) is 0.920. The van der Waals surface area contributed by atoms with E-state index < -0.39 is 0 Å². The van der Waals surface area contributed by atoms with Gasteiger partial charge in [-0.2, -0.15) is 0 Å². The highest BCUT2D eigenvalue weighted by Gasteiger charge is 2.35. The molecule has 4 rings (SSSR count). The van der Waals surface area contributed by atoms with Gasteiger partial charge in [-0.3, -0.25) is 9.98 Å². The van der Waals surface area contributed by atoms with Crippen molar-refractivity contribution in [2.24, 2.45) is 10.7 Å². The average Bonchev–Trinajstić information content (AvgIpc) is 3.16. The van der Waals surface area contributed by atoms with Crippen LogP contribution in [0.4, 0.5) is 0 Å². The van der Waals surface area contributed by atoms with Crippen molar-refractivity contribution < 1.29 is 0 Å². The molecule has 1 aliphatic carbocycles. The van der Waals surface area contributed by atoms with E-state index in [9.17, 15) is 0 Å². The number of nitrogens with zero attached hydrogens (tertiary/aromatic N) is 3. The molecule has 1 unspecified atom stereocenters. The number of benzene rings is 1. The molecule has 4 heteroatoms. The summed E-state index contributed by atoms with van der Waals surface area (Å²) in [4.78, 5) is 11.3. The minimum absolute atomic E-state index is 0.242. The zero-order valence-corrected chi connectivity index (χ0v) is 12.1. The minimum atomic E-state index is 0.242. The van der Waals surface area contributed by atoms with E-state index in [1.165, 1.54) is 42.0 Å². The molecular formula is C17H20N4. The van der Waals surface area contributed by atoms with Crippen molar-refractivity contribution in [3.63, 3.8) is 0 Å². The van der Waals surface area contributed by atoms with Crippen LogP contribution in [0, 0.1) is 0 Å². The lowest BCUT2D eigenvalue weighted by molar-refractivity contribution is 0.263. The van der Waals surface area contributed by atoms with E-state index >= 15 is 0 Å². The van der Waals surface area contributed by atoms with Gasteiger partial charge in [-0.05, 0) is 18.2 Å². The Hall–Kier alpha value is -2.10. The molecule has 0 radical (unpaired) electrons. The fourth-order valence-corrected chi connectivity index (χ4v) is 3.79. The van der Waals surface area contributed by atoms with E-state index in [4.69, 9.17) is 5.73 Å². The second kappa shape index (κ2) is 5.02. The van der Waals surface area contributed by atoms with Crippen LogP contribution in [0.15, 0.2) is 41.7 Å². The van der Waals surface area contributed by atoms with Crippen LogP contribution in [0.5, 0.6) is 0 Å². The molecule has 2 heterocycles. The van der Waals surface area contributed by atoms with Gasteiger partial charge in [0, 0.05) is 29.4 Å². The number of aliphatic imine (C=N–C) groups is 1. The van der Waals surface area contributed by atoms with Crippen molar-refractivity contribution in [1.29, 1.82) is 0 Å². The molecule has 2 aliphatic rings. The number of pyridine rings is 1. The van der Waals surface area contributed by atoms with Crippen molar-refractivity contribution in [1.82, 2.24) is 9.88 Å². The molecule has 0 saturated heterocycles. The Kier molecular flexibility index (Phi) is 3.02. The summed E-state index contributed by atoms with van der Waals surface area (Å²) in [5, 5.41) is 2.46. The standard InChI is InChI=1S/C17H20N4/c18-17-20-11-16(21(17)13-6-2-3-7-13)15-10-19-9-12-5-1-4-8-14(12)15/h1,4-5,8-10,13,16H,2-3,6-7,11H2,(H2,18,20). The SMILES string of the molecule is NC1=NCC(c2cncc3ccccc23)N1C1CCCC1. The Morgan fingerprint density at radius 3 is 2.76 bits per heavy atom. The Bertz CT molecular complexity index is 683. The highest BCUT2D eigenvalue weighted by Crippen LogP contribution is 2.36. The monoisotopic (exact) mass is 280 g/mol. The van der Waals surface area contributed by atoms with Gasteiger partial charge < -0.3 is 10.6 Å². The molecule has 1 fully saturated rings. The summed E-state index contributed by atoms with van der Waals surface area (Å²) < 4.78 is 0. The predicted molar refractivity (Wildman–Crippen MR) is 85.1 cm³/mol. The third-order valence-corrected chi connectivity index (χ3v) is 4.80. The first-order valence-corrected chi connectivity index (χ1v) is 7.75. The number of fused-ring (bicyclic) bond motifs is 1. The summed E-state index contributed by atoms with van der Waals surface area (Å²) in [6, 6.07) is 9.22. The Morgan fingerprint density at radius 2 is 1.90 bits per heavy atom. The average molecular weight is 280 g/mol. The summed E-state index contributed by atoms with van der Waals surface area (Å²) in [5.41, 5.74) is 7.44. The second-order valence-corrected chi connectivity index (χ2v) is 6.01. The third kappa shape index (κ3) is 2.06. The van der Waals surface area contributed by atoms with Crippen molar-refractivity contribution in [2.45, 2.75) is 37.8 Å². The smallest absolute Gasteiger partial charge is 0.192 e. The molecule has 21 heavy (non-hydrogen) atoms. The number of guanidine groups is 1. The number of rotatable bonds is 2. The summed E-state index contributed by atoms with van der Waals surface area (Å²) in [7, 11) is 0. The minimum Gasteiger partial charge on any atom is -0.370 e. The van der Waals surface area contributed by atoms with Gasteiger partial charge in [0.2, 0.25) is 0 Å². The molecule has 1 atom stereocenters. The molecule has 0 bridgehead atoms. The summed E-state index contributed by atoms with van der Waals surface area (Å²) in [6.45, 7) is 0.748. The van der Waals surface area contributed by atoms with Gasteiger partial charge in [0.25, 0.3) is 0 Å². The maximum Gasteiger partial charge on any atom is 0.192 e. The molecule has 4 nitrogen and oxygen atoms in total. The van der Waals surface area contributed by atoms with Crippen LogP contribution in [-0.2, 0) is 0 Å². The number of aromatic nitrogens is 1. The summed E-state index contributed by atoms with van der Waals surface area (Å²) in [6.07, 6.45) is 8.97. The van der Waals surface area contributed by atoms with Gasteiger partial charge in [-0.1, -0.05) is 37.1 Å². The maximum absolute atomic E-state index is 6.19. The van der Waals surface area contributed by atoms with Gasteiger partial charge in [-0.15, -0.1) is 0 Å². The van der Waals surface area contributed by atoms with E-state index in [1.54, 1.807) is 0 Å². The number of hydrogen-bond donors (Lipinski definition) is 1. The highest BCUT2D eigenvalue weighted by atomic mass is 15.3. The van der Waals surface area contributed by atoms with Gasteiger partial charge in [0.15, 0.2) is 5.96 Å². The molecule has 1 aromatic carbocycles. The van der Waals surface area contributed by atoms with E-state index in [0.717, 1.165) is 6.54 Å². The molecule has 1 saturated carbocycles. The molecule has 1 aliphatic heterocycles. The molecule has 2 aromatic rings. The van der Waals surface area contributed by atoms with E-state index in [0.29, 0.717) is 12.0 Å². The normalized spacial score (nSPS) is 23.0. The van der Waals surface area contributed by atoms with Crippen LogP contribution < -0.4 is 5.73 Å². The molecule has 0 spiro atoms. The van der Waals surface area contributed by atoms with Crippen molar-refractivity contribution in [3.05, 3.63) is 42.2 Å². The molecule has 2 N–H and O–H groups in total.